The fourth-order valence-electron chi connectivity index (χ4n) is 1.70. The minimum absolute atomic E-state index is 0.287. The highest BCUT2D eigenvalue weighted by Crippen LogP contribution is 2.28. The Kier molecular flexibility index (Phi) is 3.96. The molecule has 0 atom stereocenters. The summed E-state index contributed by atoms with van der Waals surface area (Å²) in [4.78, 5) is 17.2. The van der Waals surface area contributed by atoms with E-state index in [1.54, 1.807) is 12.1 Å². The molecule has 3 rings (SSSR count). The lowest BCUT2D eigenvalue weighted by Crippen LogP contribution is -2.13. The van der Waals surface area contributed by atoms with Gasteiger partial charge in [0.1, 0.15) is 0 Å². The molecule has 106 valence electrons. The molecule has 21 heavy (non-hydrogen) atoms. The molecule has 0 aliphatic rings. The van der Waals surface area contributed by atoms with Crippen LogP contribution in [-0.2, 0) is 0 Å². The number of anilines is 1. The number of hydrogen-bond acceptors (Lipinski definition) is 6. The Morgan fingerprint density at radius 3 is 2.71 bits per heavy atom. The number of amides is 1. The minimum atomic E-state index is -0.317. The van der Waals surface area contributed by atoms with Crippen LogP contribution in [0.15, 0.2) is 29.6 Å². The average Bonchev–Trinajstić information content (AvgIpc) is 3.09. The molecule has 0 spiro atoms. The third kappa shape index (κ3) is 3.10. The van der Waals surface area contributed by atoms with Crippen LogP contribution in [0.25, 0.3) is 10.4 Å². The lowest BCUT2D eigenvalue weighted by Gasteiger charge is -2.02. The number of carbonyl (C=O) groups is 1. The summed E-state index contributed by atoms with van der Waals surface area (Å²) in [6.07, 6.45) is 0. The maximum absolute atomic E-state index is 12.3. The summed E-state index contributed by atoms with van der Waals surface area (Å²) in [5.41, 5.74) is 2.01. The third-order valence-electron chi connectivity index (χ3n) is 2.65. The average molecular weight is 337 g/mol. The van der Waals surface area contributed by atoms with Crippen LogP contribution in [0, 0.1) is 6.92 Å². The van der Waals surface area contributed by atoms with Crippen molar-refractivity contribution in [3.63, 3.8) is 0 Å². The molecule has 0 unspecified atom stereocenters. The molecular formula is C13H9ClN4OS2. The van der Waals surface area contributed by atoms with Crippen molar-refractivity contribution in [2.45, 2.75) is 6.92 Å². The molecule has 2 aromatic heterocycles. The van der Waals surface area contributed by atoms with E-state index in [0.29, 0.717) is 15.0 Å². The highest BCUT2D eigenvalue weighted by molar-refractivity contribution is 7.14. The highest BCUT2D eigenvalue weighted by atomic mass is 35.5. The number of hydrogen-bond donors (Lipinski definition) is 1. The molecule has 0 saturated carbocycles. The van der Waals surface area contributed by atoms with Crippen molar-refractivity contribution in [3.05, 3.63) is 46.1 Å². The molecule has 0 saturated heterocycles. The summed E-state index contributed by atoms with van der Waals surface area (Å²) in [5.74, 6) is -0.317. The Hall–Kier alpha value is -1.83. The van der Waals surface area contributed by atoms with Crippen LogP contribution in [0.4, 0.5) is 5.13 Å². The number of aryl methyl sites for hydroxylation is 1. The molecule has 8 heteroatoms. The zero-order chi connectivity index (χ0) is 14.8. The van der Waals surface area contributed by atoms with Crippen molar-refractivity contribution < 1.29 is 4.79 Å². The van der Waals surface area contributed by atoms with E-state index in [0.717, 1.165) is 11.3 Å². The van der Waals surface area contributed by atoms with E-state index < -0.39 is 0 Å². The zero-order valence-electron chi connectivity index (χ0n) is 10.8. The lowest BCUT2D eigenvalue weighted by atomic mass is 10.1. The monoisotopic (exact) mass is 336 g/mol. The molecule has 1 aromatic carbocycles. The molecule has 1 amide bonds. The number of thiazole rings is 1. The normalized spacial score (nSPS) is 10.6. The molecule has 0 aliphatic heterocycles. The van der Waals surface area contributed by atoms with Crippen LogP contribution in [0.5, 0.6) is 0 Å². The zero-order valence-corrected chi connectivity index (χ0v) is 13.2. The molecule has 1 N–H and O–H groups in total. The first kappa shape index (κ1) is 14.1. The number of rotatable bonds is 3. The predicted molar refractivity (Wildman–Crippen MR) is 85.2 cm³/mol. The van der Waals surface area contributed by atoms with Crippen molar-refractivity contribution in [2.24, 2.45) is 0 Å². The van der Waals surface area contributed by atoms with Gasteiger partial charge in [-0.15, -0.1) is 16.4 Å². The van der Waals surface area contributed by atoms with Crippen LogP contribution in [0.3, 0.4) is 0 Å². The summed E-state index contributed by atoms with van der Waals surface area (Å²) in [6.45, 7) is 1.87. The van der Waals surface area contributed by atoms with Crippen LogP contribution >= 0.6 is 34.5 Å². The Balaban J connectivity index is 1.88. The fourth-order valence-corrected chi connectivity index (χ4v) is 3.17. The van der Waals surface area contributed by atoms with E-state index >= 15 is 0 Å². The first-order valence-corrected chi connectivity index (χ1v) is 7.98. The van der Waals surface area contributed by atoms with Gasteiger partial charge in [0.25, 0.3) is 5.91 Å². The van der Waals surface area contributed by atoms with E-state index in [9.17, 15) is 4.79 Å². The number of nitrogens with one attached hydrogen (secondary N) is 1. The summed E-state index contributed by atoms with van der Waals surface area (Å²) in [5, 5.41) is 9.71. The van der Waals surface area contributed by atoms with Gasteiger partial charge in [0, 0.05) is 10.4 Å². The first-order chi connectivity index (χ1) is 10.1. The number of benzene rings is 1. The van der Waals surface area contributed by atoms with Crippen molar-refractivity contribution >= 4 is 45.5 Å². The Morgan fingerprint density at radius 2 is 2.05 bits per heavy atom. The second kappa shape index (κ2) is 5.88. The highest BCUT2D eigenvalue weighted by Gasteiger charge is 2.18. The Bertz CT molecular complexity index is 782. The van der Waals surface area contributed by atoms with Crippen molar-refractivity contribution in [3.8, 4) is 10.4 Å². The van der Waals surface area contributed by atoms with E-state index in [1.807, 2.05) is 24.4 Å². The lowest BCUT2D eigenvalue weighted by molar-refractivity contribution is 0.102. The van der Waals surface area contributed by atoms with Crippen molar-refractivity contribution in [1.29, 1.82) is 0 Å². The van der Waals surface area contributed by atoms with Gasteiger partial charge in [0.05, 0.1) is 10.6 Å². The molecule has 0 bridgehead atoms. The van der Waals surface area contributed by atoms with Gasteiger partial charge in [0.2, 0.25) is 0 Å². The van der Waals surface area contributed by atoms with Gasteiger partial charge >= 0.3 is 0 Å². The van der Waals surface area contributed by atoms with Gasteiger partial charge in [-0.1, -0.05) is 28.2 Å². The SMILES string of the molecule is Cc1csc(NC(=O)c2nnsc2-c2ccc(Cl)cc2)n1. The standard InChI is InChI=1S/C13H9ClN4OS2/c1-7-6-20-13(15-7)16-12(19)10-11(21-18-17-10)8-2-4-9(14)5-3-8/h2-6H,1H3,(H,15,16,19). The third-order valence-corrected chi connectivity index (χ3v) is 4.55. The van der Waals surface area contributed by atoms with Crippen LogP contribution in [0.1, 0.15) is 16.2 Å². The van der Waals surface area contributed by atoms with Gasteiger partial charge in [-0.3, -0.25) is 10.1 Å². The molecule has 0 fully saturated rings. The van der Waals surface area contributed by atoms with E-state index in [4.69, 9.17) is 11.6 Å². The largest absolute Gasteiger partial charge is 0.296 e. The fraction of sp³-hybridized carbons (Fsp3) is 0.0769. The number of halogens is 1. The van der Waals surface area contributed by atoms with Gasteiger partial charge in [-0.25, -0.2) is 4.98 Å². The molecule has 0 radical (unpaired) electrons. The van der Waals surface area contributed by atoms with Crippen molar-refractivity contribution in [2.75, 3.05) is 5.32 Å². The molecule has 2 heterocycles. The second-order valence-corrected chi connectivity index (χ2v) is 6.25. The van der Waals surface area contributed by atoms with Gasteiger partial charge in [-0.2, -0.15) is 0 Å². The smallest absolute Gasteiger partial charge is 0.279 e. The van der Waals surface area contributed by atoms with Crippen LogP contribution in [0.2, 0.25) is 5.02 Å². The first-order valence-electron chi connectivity index (χ1n) is 5.95. The van der Waals surface area contributed by atoms with Crippen molar-refractivity contribution in [1.82, 2.24) is 14.6 Å². The van der Waals surface area contributed by atoms with E-state index in [1.165, 1.54) is 22.9 Å². The summed E-state index contributed by atoms with van der Waals surface area (Å²) in [6, 6.07) is 7.20. The molecular weight excluding hydrogens is 328 g/mol. The quantitative estimate of drug-likeness (QED) is 0.788. The minimum Gasteiger partial charge on any atom is -0.296 e. The van der Waals surface area contributed by atoms with Crippen LogP contribution < -0.4 is 5.32 Å². The van der Waals surface area contributed by atoms with E-state index in [-0.39, 0.29) is 11.6 Å². The predicted octanol–water partition coefficient (Wildman–Crippen LogP) is 3.88. The Morgan fingerprint density at radius 1 is 1.29 bits per heavy atom. The number of carbonyl (C=O) groups excluding carboxylic acids is 1. The summed E-state index contributed by atoms with van der Waals surface area (Å²) < 4.78 is 3.87. The van der Waals surface area contributed by atoms with Gasteiger partial charge in [-0.05, 0) is 36.2 Å². The van der Waals surface area contributed by atoms with Gasteiger partial charge < -0.3 is 0 Å². The number of aromatic nitrogens is 3. The Labute approximate surface area is 133 Å². The molecule has 0 aliphatic carbocycles. The number of nitrogens with zero attached hydrogens (tertiary/aromatic N) is 3. The molecule has 5 nitrogen and oxygen atoms in total. The maximum Gasteiger partial charge on any atom is 0.279 e. The van der Waals surface area contributed by atoms with E-state index in [2.05, 4.69) is 19.9 Å². The second-order valence-electron chi connectivity index (χ2n) is 4.21. The molecule has 3 aromatic rings. The summed E-state index contributed by atoms with van der Waals surface area (Å²) >= 11 is 8.42. The topological polar surface area (TPSA) is 67.8 Å². The summed E-state index contributed by atoms with van der Waals surface area (Å²) in [7, 11) is 0. The van der Waals surface area contributed by atoms with Gasteiger partial charge in [0.15, 0.2) is 10.8 Å². The maximum atomic E-state index is 12.3. The van der Waals surface area contributed by atoms with Crippen LogP contribution in [-0.4, -0.2) is 20.5 Å².